The third-order valence-corrected chi connectivity index (χ3v) is 3.93. The molecule has 1 atom stereocenters. The van der Waals surface area contributed by atoms with Gasteiger partial charge in [0, 0.05) is 24.6 Å². The Hall–Kier alpha value is -0.910. The fourth-order valence-corrected chi connectivity index (χ4v) is 2.77. The Balaban J connectivity index is 1.90. The number of carbonyl (C=O) groups is 1. The number of ether oxygens (including phenoxy) is 2. The van der Waals surface area contributed by atoms with E-state index < -0.39 is 0 Å². The molecule has 1 aliphatic rings. The fraction of sp³-hybridized carbons (Fsp3) is 0.500. The van der Waals surface area contributed by atoms with Crippen LogP contribution in [0.25, 0.3) is 0 Å². The topological polar surface area (TPSA) is 47.6 Å². The Morgan fingerprint density at radius 2 is 2.05 bits per heavy atom. The molecule has 0 saturated heterocycles. The summed E-state index contributed by atoms with van der Waals surface area (Å²) >= 11 is 3.46. The lowest BCUT2D eigenvalue weighted by molar-refractivity contribution is -0.130. The minimum atomic E-state index is -0.387. The summed E-state index contributed by atoms with van der Waals surface area (Å²) in [4.78, 5) is 12.1. The number of amides is 1. The molecule has 1 unspecified atom stereocenters. The van der Waals surface area contributed by atoms with Gasteiger partial charge in [0.15, 0.2) is 6.29 Å². The molecule has 19 heavy (non-hydrogen) atoms. The molecule has 4 nitrogen and oxygen atoms in total. The van der Waals surface area contributed by atoms with Crippen molar-refractivity contribution in [3.63, 3.8) is 0 Å². The van der Waals surface area contributed by atoms with Gasteiger partial charge in [-0.1, -0.05) is 22.0 Å². The van der Waals surface area contributed by atoms with Gasteiger partial charge in [0.1, 0.15) is 0 Å². The summed E-state index contributed by atoms with van der Waals surface area (Å²) in [5.41, 5.74) is 2.52. The second-order valence-electron chi connectivity index (χ2n) is 4.66. The molecule has 0 radical (unpaired) electrons. The fourth-order valence-electron chi connectivity index (χ4n) is 2.36. The number of hydrogen-bond donors (Lipinski definition) is 1. The number of nitrogens with one attached hydrogen (secondary N) is 1. The first kappa shape index (κ1) is 14.5. The Morgan fingerprint density at radius 1 is 1.37 bits per heavy atom. The zero-order valence-electron chi connectivity index (χ0n) is 11.1. The van der Waals surface area contributed by atoms with E-state index in [1.165, 1.54) is 11.1 Å². The van der Waals surface area contributed by atoms with Crippen molar-refractivity contribution < 1.29 is 14.3 Å². The molecular weight excluding hydrogens is 310 g/mol. The first-order valence-electron chi connectivity index (χ1n) is 6.24. The molecular formula is C14H18BrNO3. The molecule has 104 valence electrons. The second kappa shape index (κ2) is 6.50. The quantitative estimate of drug-likeness (QED) is 0.840. The highest BCUT2D eigenvalue weighted by Crippen LogP contribution is 2.29. The third-order valence-electron chi connectivity index (χ3n) is 3.44. The van der Waals surface area contributed by atoms with Crippen molar-refractivity contribution in [2.24, 2.45) is 5.92 Å². The highest BCUT2D eigenvalue weighted by atomic mass is 79.9. The lowest BCUT2D eigenvalue weighted by Crippen LogP contribution is -2.38. The highest BCUT2D eigenvalue weighted by molar-refractivity contribution is 9.10. The van der Waals surface area contributed by atoms with Crippen LogP contribution in [0.1, 0.15) is 11.1 Å². The van der Waals surface area contributed by atoms with Crippen molar-refractivity contribution in [3.05, 3.63) is 33.8 Å². The van der Waals surface area contributed by atoms with Gasteiger partial charge in [0.05, 0.1) is 6.54 Å². The first-order chi connectivity index (χ1) is 9.13. The Bertz CT molecular complexity index is 460. The van der Waals surface area contributed by atoms with Crippen molar-refractivity contribution in [2.75, 3.05) is 20.8 Å². The minimum Gasteiger partial charge on any atom is -0.354 e. The van der Waals surface area contributed by atoms with Crippen LogP contribution in [0, 0.1) is 5.92 Å². The van der Waals surface area contributed by atoms with Gasteiger partial charge >= 0.3 is 0 Å². The normalized spacial score (nSPS) is 17.6. The van der Waals surface area contributed by atoms with Gasteiger partial charge in [-0.2, -0.15) is 0 Å². The van der Waals surface area contributed by atoms with Gasteiger partial charge in [-0.3, -0.25) is 4.79 Å². The standard InChI is InChI=1S/C14H18BrNO3/c1-18-13(19-2)8-16-14(17)11-5-9-3-4-12(15)7-10(9)6-11/h3-4,7,11,13H,5-6,8H2,1-2H3,(H,16,17). The number of methoxy groups -OCH3 is 2. The van der Waals surface area contributed by atoms with Crippen LogP contribution >= 0.6 is 15.9 Å². The van der Waals surface area contributed by atoms with Crippen LogP contribution in [0.5, 0.6) is 0 Å². The van der Waals surface area contributed by atoms with Crippen LogP contribution in [0.4, 0.5) is 0 Å². The number of benzene rings is 1. The van der Waals surface area contributed by atoms with E-state index in [9.17, 15) is 4.79 Å². The first-order valence-corrected chi connectivity index (χ1v) is 7.04. The van der Waals surface area contributed by atoms with Crippen molar-refractivity contribution in [3.8, 4) is 0 Å². The van der Waals surface area contributed by atoms with E-state index in [0.717, 1.165) is 17.3 Å². The van der Waals surface area contributed by atoms with E-state index in [1.807, 2.05) is 6.07 Å². The average molecular weight is 328 g/mol. The zero-order valence-corrected chi connectivity index (χ0v) is 12.7. The van der Waals surface area contributed by atoms with Crippen LogP contribution in [0.2, 0.25) is 0 Å². The molecule has 1 N–H and O–H groups in total. The zero-order chi connectivity index (χ0) is 13.8. The van der Waals surface area contributed by atoms with Crippen LogP contribution < -0.4 is 5.32 Å². The maximum absolute atomic E-state index is 12.1. The van der Waals surface area contributed by atoms with Crippen LogP contribution in [0.3, 0.4) is 0 Å². The van der Waals surface area contributed by atoms with Gasteiger partial charge in [-0.05, 0) is 36.1 Å². The number of rotatable bonds is 5. The van der Waals surface area contributed by atoms with E-state index in [-0.39, 0.29) is 18.1 Å². The molecule has 2 rings (SSSR count). The number of hydrogen-bond acceptors (Lipinski definition) is 3. The van der Waals surface area contributed by atoms with Crippen LogP contribution in [-0.2, 0) is 27.1 Å². The van der Waals surface area contributed by atoms with Gasteiger partial charge in [0.2, 0.25) is 5.91 Å². The second-order valence-corrected chi connectivity index (χ2v) is 5.58. The summed E-state index contributed by atoms with van der Waals surface area (Å²) in [6.45, 7) is 0.377. The number of carbonyl (C=O) groups excluding carboxylic acids is 1. The third kappa shape index (κ3) is 3.55. The molecule has 0 aliphatic heterocycles. The Labute approximate surface area is 121 Å². The van der Waals surface area contributed by atoms with Gasteiger partial charge in [-0.15, -0.1) is 0 Å². The summed E-state index contributed by atoms with van der Waals surface area (Å²) in [6.07, 6.45) is 1.21. The summed E-state index contributed by atoms with van der Waals surface area (Å²) in [7, 11) is 3.12. The SMILES string of the molecule is COC(CNC(=O)C1Cc2ccc(Br)cc2C1)OC. The smallest absolute Gasteiger partial charge is 0.223 e. The van der Waals surface area contributed by atoms with E-state index >= 15 is 0 Å². The highest BCUT2D eigenvalue weighted by Gasteiger charge is 2.27. The molecule has 0 spiro atoms. The minimum absolute atomic E-state index is 0.0127. The number of halogens is 1. The molecule has 0 heterocycles. The van der Waals surface area contributed by atoms with E-state index in [2.05, 4.69) is 33.4 Å². The molecule has 0 saturated carbocycles. The van der Waals surface area contributed by atoms with E-state index in [1.54, 1.807) is 14.2 Å². The van der Waals surface area contributed by atoms with Gasteiger partial charge in [-0.25, -0.2) is 0 Å². The maximum atomic E-state index is 12.1. The molecule has 1 aliphatic carbocycles. The van der Waals surface area contributed by atoms with Crippen LogP contribution in [-0.4, -0.2) is 33.0 Å². The predicted octanol–water partition coefficient (Wildman–Crippen LogP) is 1.90. The molecule has 1 aromatic rings. The van der Waals surface area contributed by atoms with Crippen molar-refractivity contribution in [1.82, 2.24) is 5.32 Å². The summed E-state index contributed by atoms with van der Waals surface area (Å²) in [6, 6.07) is 6.19. The lowest BCUT2D eigenvalue weighted by Gasteiger charge is -2.16. The largest absolute Gasteiger partial charge is 0.354 e. The van der Waals surface area contributed by atoms with Crippen molar-refractivity contribution in [1.29, 1.82) is 0 Å². The lowest BCUT2D eigenvalue weighted by atomic mass is 10.1. The van der Waals surface area contributed by atoms with Crippen LogP contribution in [0.15, 0.2) is 22.7 Å². The summed E-state index contributed by atoms with van der Waals surface area (Å²) in [5.74, 6) is 0.0742. The monoisotopic (exact) mass is 327 g/mol. The van der Waals surface area contributed by atoms with E-state index in [4.69, 9.17) is 9.47 Å². The van der Waals surface area contributed by atoms with Gasteiger partial charge < -0.3 is 14.8 Å². The molecule has 0 fully saturated rings. The Morgan fingerprint density at radius 3 is 2.74 bits per heavy atom. The molecule has 5 heteroatoms. The van der Waals surface area contributed by atoms with E-state index in [0.29, 0.717) is 6.54 Å². The number of fused-ring (bicyclic) bond motifs is 1. The average Bonchev–Trinajstić information content (AvgIpc) is 2.82. The van der Waals surface area contributed by atoms with Crippen molar-refractivity contribution in [2.45, 2.75) is 19.1 Å². The molecule has 0 aromatic heterocycles. The van der Waals surface area contributed by atoms with Gasteiger partial charge in [0.25, 0.3) is 0 Å². The molecule has 1 aromatic carbocycles. The van der Waals surface area contributed by atoms with Crippen molar-refractivity contribution >= 4 is 21.8 Å². The Kier molecular flexibility index (Phi) is 4.96. The maximum Gasteiger partial charge on any atom is 0.223 e. The molecule has 1 amide bonds. The summed E-state index contributed by atoms with van der Waals surface area (Å²) in [5, 5.41) is 2.88. The molecule has 0 bridgehead atoms. The summed E-state index contributed by atoms with van der Waals surface area (Å²) < 4.78 is 11.2. The predicted molar refractivity (Wildman–Crippen MR) is 75.9 cm³/mol.